The lowest BCUT2D eigenvalue weighted by molar-refractivity contribution is 0.290. The lowest BCUT2D eigenvalue weighted by atomic mass is 9.76. The molecule has 0 unspecified atom stereocenters. The molecule has 0 aromatic heterocycles. The van der Waals surface area contributed by atoms with Gasteiger partial charge in [-0.05, 0) is 36.6 Å². The molecular formula is C21H29N5O. The molecule has 0 heterocycles. The van der Waals surface area contributed by atoms with E-state index in [1.807, 2.05) is 24.3 Å². The first-order chi connectivity index (χ1) is 13.2. The van der Waals surface area contributed by atoms with E-state index in [-0.39, 0.29) is 6.04 Å². The van der Waals surface area contributed by atoms with Gasteiger partial charge in [-0.1, -0.05) is 36.8 Å². The monoisotopic (exact) mass is 367 g/mol. The predicted octanol–water partition coefficient (Wildman–Crippen LogP) is 2.57. The van der Waals surface area contributed by atoms with Crippen molar-refractivity contribution in [2.45, 2.75) is 43.8 Å². The number of nitrogens with zero attached hydrogens (tertiary/aromatic N) is 1. The molecule has 3 atom stereocenters. The number of hydrazine groups is 1. The summed E-state index contributed by atoms with van der Waals surface area (Å²) < 4.78 is 5.52. The highest BCUT2D eigenvalue weighted by molar-refractivity contribution is 5.61. The summed E-state index contributed by atoms with van der Waals surface area (Å²) in [6.45, 7) is 0.698. The highest BCUT2D eigenvalue weighted by Crippen LogP contribution is 2.33. The smallest absolute Gasteiger partial charge is 0.123 e. The van der Waals surface area contributed by atoms with E-state index in [2.05, 4.69) is 40.0 Å². The maximum absolute atomic E-state index is 6.50. The summed E-state index contributed by atoms with van der Waals surface area (Å²) >= 11 is 0. The maximum Gasteiger partial charge on any atom is 0.123 e. The Morgan fingerprint density at radius 3 is 2.74 bits per heavy atom. The van der Waals surface area contributed by atoms with Gasteiger partial charge in [-0.2, -0.15) is 0 Å². The van der Waals surface area contributed by atoms with Crippen LogP contribution in [-0.2, 0) is 6.54 Å². The zero-order chi connectivity index (χ0) is 19.1. The summed E-state index contributed by atoms with van der Waals surface area (Å²) in [5, 5.41) is 3.72. The molecule has 2 aromatic carbocycles. The molecule has 1 saturated carbocycles. The summed E-state index contributed by atoms with van der Waals surface area (Å²) in [4.78, 5) is 4.27. The minimum Gasteiger partial charge on any atom is -0.496 e. The largest absolute Gasteiger partial charge is 0.496 e. The van der Waals surface area contributed by atoms with E-state index in [1.165, 1.54) is 11.9 Å². The van der Waals surface area contributed by atoms with Gasteiger partial charge in [0.15, 0.2) is 0 Å². The Morgan fingerprint density at radius 2 is 2.00 bits per heavy atom. The van der Waals surface area contributed by atoms with Crippen molar-refractivity contribution in [1.29, 1.82) is 0 Å². The van der Waals surface area contributed by atoms with Crippen LogP contribution < -0.4 is 27.1 Å². The van der Waals surface area contributed by atoms with Crippen molar-refractivity contribution in [2.24, 2.45) is 16.6 Å². The SMILES string of the molecule is COc1ccc(N=CNN)cc1CN[C@@H]1CCC[C@H](N)[C@H]1c1ccccc1. The molecule has 1 aliphatic carbocycles. The Balaban J connectivity index is 1.77. The minimum atomic E-state index is 0.173. The van der Waals surface area contributed by atoms with Crippen LogP contribution in [0.4, 0.5) is 5.69 Å². The van der Waals surface area contributed by atoms with E-state index in [0.717, 1.165) is 36.3 Å². The third-order valence-electron chi connectivity index (χ3n) is 5.24. The molecule has 1 aliphatic rings. The quantitative estimate of drug-likeness (QED) is 0.261. The number of nitrogens with two attached hydrogens (primary N) is 2. The lowest BCUT2D eigenvalue weighted by Crippen LogP contribution is -2.46. The molecule has 144 valence electrons. The molecule has 2 aromatic rings. The first kappa shape index (κ1) is 19.4. The van der Waals surface area contributed by atoms with E-state index in [9.17, 15) is 0 Å². The van der Waals surface area contributed by atoms with E-state index < -0.39 is 0 Å². The zero-order valence-corrected chi connectivity index (χ0v) is 15.8. The van der Waals surface area contributed by atoms with Gasteiger partial charge in [0.1, 0.15) is 12.1 Å². The van der Waals surface area contributed by atoms with Gasteiger partial charge in [-0.25, -0.2) is 10.8 Å². The summed E-state index contributed by atoms with van der Waals surface area (Å²) in [7, 11) is 1.69. The van der Waals surface area contributed by atoms with Crippen LogP contribution in [0.2, 0.25) is 0 Å². The van der Waals surface area contributed by atoms with Gasteiger partial charge in [0.2, 0.25) is 0 Å². The van der Waals surface area contributed by atoms with Gasteiger partial charge in [-0.3, -0.25) is 0 Å². The Kier molecular flexibility index (Phi) is 6.81. The molecule has 0 radical (unpaired) electrons. The Hall–Kier alpha value is -2.41. The van der Waals surface area contributed by atoms with Crippen molar-refractivity contribution >= 4 is 12.0 Å². The standard InChI is InChI=1S/C21H29N5O/c1-27-20-11-10-17(25-14-26-23)12-16(20)13-24-19-9-5-8-18(22)21(19)15-6-3-2-4-7-15/h2-4,6-7,10-12,14,18-19,21,24H,5,8-9,13,22-23H2,1H3,(H,25,26)/t18-,19+,21+/m0/s1. The van der Waals surface area contributed by atoms with E-state index in [4.69, 9.17) is 16.3 Å². The molecule has 1 fully saturated rings. The molecule has 27 heavy (non-hydrogen) atoms. The van der Waals surface area contributed by atoms with Gasteiger partial charge in [0.25, 0.3) is 0 Å². The molecule has 6 nitrogen and oxygen atoms in total. The number of methoxy groups -OCH3 is 1. The normalized spacial score (nSPS) is 22.7. The van der Waals surface area contributed by atoms with E-state index >= 15 is 0 Å². The second-order valence-electron chi connectivity index (χ2n) is 6.94. The van der Waals surface area contributed by atoms with Crippen molar-refractivity contribution in [3.05, 3.63) is 59.7 Å². The summed E-state index contributed by atoms with van der Waals surface area (Å²) in [5.74, 6) is 6.42. The predicted molar refractivity (Wildman–Crippen MR) is 110 cm³/mol. The van der Waals surface area contributed by atoms with Gasteiger partial charge >= 0.3 is 0 Å². The molecule has 6 N–H and O–H groups in total. The third kappa shape index (κ3) is 4.86. The second kappa shape index (κ2) is 9.50. The van der Waals surface area contributed by atoms with Crippen LogP contribution in [0.1, 0.15) is 36.3 Å². The highest BCUT2D eigenvalue weighted by Gasteiger charge is 2.32. The van der Waals surface area contributed by atoms with E-state index in [0.29, 0.717) is 18.5 Å². The van der Waals surface area contributed by atoms with Crippen LogP contribution in [-0.4, -0.2) is 25.5 Å². The van der Waals surface area contributed by atoms with Crippen molar-refractivity contribution in [3.8, 4) is 5.75 Å². The van der Waals surface area contributed by atoms with Crippen molar-refractivity contribution in [2.75, 3.05) is 7.11 Å². The fourth-order valence-electron chi connectivity index (χ4n) is 3.95. The minimum absolute atomic E-state index is 0.173. The molecule has 3 rings (SSSR count). The van der Waals surface area contributed by atoms with Crippen molar-refractivity contribution < 1.29 is 4.74 Å². The zero-order valence-electron chi connectivity index (χ0n) is 15.8. The Morgan fingerprint density at radius 1 is 1.19 bits per heavy atom. The van der Waals surface area contributed by atoms with Gasteiger partial charge in [-0.15, -0.1) is 0 Å². The van der Waals surface area contributed by atoms with Crippen LogP contribution in [0.25, 0.3) is 0 Å². The number of benzene rings is 2. The van der Waals surface area contributed by atoms with Crippen LogP contribution >= 0.6 is 0 Å². The average Bonchev–Trinajstić information content (AvgIpc) is 2.71. The summed E-state index contributed by atoms with van der Waals surface area (Å²) in [6.07, 6.45) is 4.79. The second-order valence-corrected chi connectivity index (χ2v) is 6.94. The molecule has 0 spiro atoms. The fourth-order valence-corrected chi connectivity index (χ4v) is 3.95. The summed E-state index contributed by atoms with van der Waals surface area (Å²) in [6, 6.07) is 16.9. The number of ether oxygens (including phenoxy) is 1. The number of rotatable bonds is 7. The van der Waals surface area contributed by atoms with Crippen LogP contribution in [0.3, 0.4) is 0 Å². The van der Waals surface area contributed by atoms with Crippen LogP contribution in [0, 0.1) is 0 Å². The number of aliphatic imine (C=N–C) groups is 1. The Labute approximate surface area is 161 Å². The van der Waals surface area contributed by atoms with Gasteiger partial charge in [0.05, 0.1) is 12.8 Å². The molecule has 6 heteroatoms. The molecule has 0 aliphatic heterocycles. The topological polar surface area (TPSA) is 97.7 Å². The molecule has 0 bridgehead atoms. The average molecular weight is 367 g/mol. The van der Waals surface area contributed by atoms with Crippen molar-refractivity contribution in [3.63, 3.8) is 0 Å². The molecule has 0 amide bonds. The highest BCUT2D eigenvalue weighted by atomic mass is 16.5. The number of nitrogens with one attached hydrogen (secondary N) is 2. The van der Waals surface area contributed by atoms with Gasteiger partial charge in [0, 0.05) is 30.1 Å². The van der Waals surface area contributed by atoms with Crippen molar-refractivity contribution in [1.82, 2.24) is 10.7 Å². The fraction of sp³-hybridized carbons (Fsp3) is 0.381. The van der Waals surface area contributed by atoms with Crippen LogP contribution in [0.15, 0.2) is 53.5 Å². The van der Waals surface area contributed by atoms with E-state index in [1.54, 1.807) is 7.11 Å². The number of hydrogen-bond donors (Lipinski definition) is 4. The number of hydrogen-bond acceptors (Lipinski definition) is 5. The first-order valence-corrected chi connectivity index (χ1v) is 9.42. The lowest BCUT2D eigenvalue weighted by Gasteiger charge is -2.37. The first-order valence-electron chi connectivity index (χ1n) is 9.42. The third-order valence-corrected chi connectivity index (χ3v) is 5.24. The maximum atomic E-state index is 6.50. The van der Waals surface area contributed by atoms with Crippen LogP contribution in [0.5, 0.6) is 5.75 Å². The molecular weight excluding hydrogens is 338 g/mol. The summed E-state index contributed by atoms with van der Waals surface area (Å²) in [5.41, 5.74) is 12.1. The Bertz CT molecular complexity index is 749. The van der Waals surface area contributed by atoms with Gasteiger partial charge < -0.3 is 21.2 Å². The molecule has 0 saturated heterocycles.